The maximum Gasteiger partial charge on any atom is 0.534 e. The van der Waals surface area contributed by atoms with Gasteiger partial charge >= 0.3 is 15.6 Å². The number of primary amides is 1. The van der Waals surface area contributed by atoms with Crippen LogP contribution in [0, 0.1) is 11.3 Å². The molecule has 0 spiro atoms. The molecule has 1 amide bonds. The summed E-state index contributed by atoms with van der Waals surface area (Å²) in [5.41, 5.74) is -0.647. The monoisotopic (exact) mass is 399 g/mol. The van der Waals surface area contributed by atoms with E-state index in [0.717, 1.165) is 6.07 Å². The van der Waals surface area contributed by atoms with Gasteiger partial charge in [0.05, 0.1) is 11.3 Å². The minimum atomic E-state index is -5.95. The number of nitrogens with two attached hydrogens (primary N) is 1. The van der Waals surface area contributed by atoms with Crippen molar-refractivity contribution in [1.82, 2.24) is 4.98 Å². The number of carbonyl (C=O) groups excluding carboxylic acids is 1. The minimum Gasteiger partial charge on any atom is -0.396 e. The number of rotatable bonds is 8. The summed E-state index contributed by atoms with van der Waals surface area (Å²) in [5.74, 6) is -2.02. The lowest BCUT2D eigenvalue weighted by atomic mass is 10.1. The van der Waals surface area contributed by atoms with Crippen LogP contribution in [-0.4, -0.2) is 42.3 Å². The van der Waals surface area contributed by atoms with Crippen LogP contribution in [0.3, 0.4) is 0 Å². The number of aromatic nitrogens is 1. The van der Waals surface area contributed by atoms with Crippen LogP contribution in [0.25, 0.3) is 0 Å². The number of halogens is 3. The van der Waals surface area contributed by atoms with Gasteiger partial charge in [-0.2, -0.15) is 26.9 Å². The maximum absolute atomic E-state index is 12.4. The van der Waals surface area contributed by atoms with Crippen LogP contribution >= 0.6 is 11.8 Å². The fraction of sp³-hybridized carbons (Fsp3) is 0.417. The first-order valence-corrected chi connectivity index (χ1v) is 8.88. The number of alkyl halides is 3. The highest BCUT2D eigenvalue weighted by Gasteiger charge is 2.49. The summed E-state index contributed by atoms with van der Waals surface area (Å²) in [5, 5.41) is 17.8. The van der Waals surface area contributed by atoms with Crippen molar-refractivity contribution in [3.63, 3.8) is 0 Å². The number of hydrogen-bond donors (Lipinski definition) is 2. The highest BCUT2D eigenvalue weighted by Crippen LogP contribution is 2.31. The number of pyridine rings is 1. The Bertz CT molecular complexity index is 790. The molecule has 0 aromatic carbocycles. The molecular weight excluding hydrogens is 387 g/mol. The number of hydrogen-bond acceptors (Lipinski definition) is 8. The zero-order chi connectivity index (χ0) is 19.3. The Balaban J connectivity index is 3.36. The van der Waals surface area contributed by atoms with Gasteiger partial charge in [0, 0.05) is 12.7 Å². The third-order valence-electron chi connectivity index (χ3n) is 2.59. The quantitative estimate of drug-likeness (QED) is 0.369. The van der Waals surface area contributed by atoms with Crippen molar-refractivity contribution < 1.29 is 35.7 Å². The van der Waals surface area contributed by atoms with Crippen LogP contribution in [0.1, 0.15) is 17.5 Å². The Morgan fingerprint density at radius 3 is 2.60 bits per heavy atom. The van der Waals surface area contributed by atoms with E-state index in [1.165, 1.54) is 0 Å². The molecule has 0 saturated heterocycles. The molecule has 1 aromatic heterocycles. The summed E-state index contributed by atoms with van der Waals surface area (Å²) in [4.78, 5) is 14.4. The zero-order valence-electron chi connectivity index (χ0n) is 12.4. The summed E-state index contributed by atoms with van der Waals surface area (Å²) in [6.07, 6.45) is 0.207. The molecule has 0 unspecified atom stereocenters. The van der Waals surface area contributed by atoms with Gasteiger partial charge in [0.1, 0.15) is 11.1 Å². The van der Waals surface area contributed by atoms with Crippen molar-refractivity contribution in [1.29, 1.82) is 5.26 Å². The molecule has 25 heavy (non-hydrogen) atoms. The second-order valence-corrected chi connectivity index (χ2v) is 6.98. The van der Waals surface area contributed by atoms with E-state index < -0.39 is 27.4 Å². The number of nitriles is 1. The molecule has 3 N–H and O–H groups in total. The van der Waals surface area contributed by atoms with Crippen LogP contribution in [0.4, 0.5) is 13.2 Å². The fourth-order valence-electron chi connectivity index (χ4n) is 1.58. The number of thioether (sulfide) groups is 1. The summed E-state index contributed by atoms with van der Waals surface area (Å²) in [6, 6.07) is 2.64. The highest BCUT2D eigenvalue weighted by atomic mass is 32.2. The van der Waals surface area contributed by atoms with Crippen molar-refractivity contribution in [2.75, 3.05) is 12.4 Å². The first-order valence-electron chi connectivity index (χ1n) is 6.48. The molecular formula is C12H12F3N3O5S2. The fourth-order valence-corrected chi connectivity index (χ4v) is 2.74. The average molecular weight is 399 g/mol. The summed E-state index contributed by atoms with van der Waals surface area (Å²) >= 11 is 0.648. The van der Waals surface area contributed by atoms with Gasteiger partial charge in [-0.1, -0.05) is 11.8 Å². The van der Waals surface area contributed by atoms with Gasteiger partial charge in [0.2, 0.25) is 11.8 Å². The number of aliphatic hydroxyl groups excluding tert-OH is 1. The molecule has 138 valence electrons. The molecule has 1 rings (SSSR count). The number of aliphatic hydroxyl groups is 1. The zero-order valence-corrected chi connectivity index (χ0v) is 14.0. The molecule has 13 heteroatoms. The van der Waals surface area contributed by atoms with Crippen molar-refractivity contribution in [2.24, 2.45) is 5.73 Å². The van der Waals surface area contributed by atoms with Crippen LogP contribution in [0.15, 0.2) is 11.1 Å². The lowest BCUT2D eigenvalue weighted by molar-refractivity contribution is -0.115. The lowest BCUT2D eigenvalue weighted by Gasteiger charge is -2.13. The van der Waals surface area contributed by atoms with E-state index in [2.05, 4.69) is 9.17 Å². The molecule has 0 aliphatic heterocycles. The lowest BCUT2D eigenvalue weighted by Crippen LogP contribution is -2.28. The Morgan fingerprint density at radius 1 is 1.48 bits per heavy atom. The third kappa shape index (κ3) is 5.76. The SMILES string of the molecule is N#Cc1c(CCCO)cc(OS(=O)(=O)C(F)(F)F)nc1SCC(N)=O. The molecule has 8 nitrogen and oxygen atoms in total. The molecule has 0 bridgehead atoms. The van der Waals surface area contributed by atoms with E-state index >= 15 is 0 Å². The minimum absolute atomic E-state index is 0.0501. The van der Waals surface area contributed by atoms with Gasteiger partial charge in [-0.15, -0.1) is 0 Å². The van der Waals surface area contributed by atoms with E-state index in [9.17, 15) is 31.6 Å². The predicted molar refractivity (Wildman–Crippen MR) is 79.9 cm³/mol. The number of carbonyl (C=O) groups is 1. The largest absolute Gasteiger partial charge is 0.534 e. The van der Waals surface area contributed by atoms with Crippen molar-refractivity contribution in [2.45, 2.75) is 23.4 Å². The van der Waals surface area contributed by atoms with Crippen molar-refractivity contribution in [3.05, 3.63) is 17.2 Å². The molecule has 0 fully saturated rings. The topological polar surface area (TPSA) is 143 Å². The number of amides is 1. The van der Waals surface area contributed by atoms with Crippen LogP contribution in [0.2, 0.25) is 0 Å². The Kier molecular flexibility index (Phi) is 7.03. The van der Waals surface area contributed by atoms with E-state index in [1.54, 1.807) is 6.07 Å². The molecule has 1 aromatic rings. The first-order chi connectivity index (χ1) is 11.5. The van der Waals surface area contributed by atoms with Gasteiger partial charge in [-0.3, -0.25) is 4.79 Å². The number of aryl methyl sites for hydroxylation is 1. The van der Waals surface area contributed by atoms with Gasteiger partial charge in [-0.05, 0) is 18.4 Å². The Hall–Kier alpha value is -2.04. The van der Waals surface area contributed by atoms with Gasteiger partial charge in [0.25, 0.3) is 0 Å². The third-order valence-corrected chi connectivity index (χ3v) is 4.54. The second-order valence-electron chi connectivity index (χ2n) is 4.48. The van der Waals surface area contributed by atoms with Crippen LogP contribution in [-0.2, 0) is 21.3 Å². The normalized spacial score (nSPS) is 11.8. The first kappa shape index (κ1) is 21.0. The predicted octanol–water partition coefficient (Wildman–Crippen LogP) is 0.684. The molecule has 1 heterocycles. The van der Waals surface area contributed by atoms with Crippen molar-refractivity contribution >= 4 is 27.8 Å². The second kappa shape index (κ2) is 8.37. The molecule has 0 radical (unpaired) electrons. The van der Waals surface area contributed by atoms with E-state index in [-0.39, 0.29) is 41.4 Å². The molecule has 0 aliphatic rings. The maximum atomic E-state index is 12.4. The van der Waals surface area contributed by atoms with Crippen LogP contribution < -0.4 is 9.92 Å². The van der Waals surface area contributed by atoms with Gasteiger partial charge in [0.15, 0.2) is 0 Å². The average Bonchev–Trinajstić information content (AvgIpc) is 2.49. The number of nitrogens with zero attached hydrogens (tertiary/aromatic N) is 2. The highest BCUT2D eigenvalue weighted by molar-refractivity contribution is 8.00. The van der Waals surface area contributed by atoms with Gasteiger partial charge < -0.3 is 15.0 Å². The van der Waals surface area contributed by atoms with E-state index in [1.807, 2.05) is 0 Å². The van der Waals surface area contributed by atoms with Gasteiger partial charge in [-0.25, -0.2) is 4.98 Å². The van der Waals surface area contributed by atoms with E-state index in [0.29, 0.717) is 11.8 Å². The summed E-state index contributed by atoms with van der Waals surface area (Å²) in [7, 11) is -5.95. The summed E-state index contributed by atoms with van der Waals surface area (Å²) in [6.45, 7) is -0.270. The molecule has 0 atom stereocenters. The molecule has 0 aliphatic carbocycles. The summed E-state index contributed by atoms with van der Waals surface area (Å²) < 4.78 is 63.5. The standard InChI is InChI=1S/C12H12F3N3O5S2/c13-12(14,15)25(21,22)23-10-4-7(2-1-3-19)8(5-16)11(18-10)24-6-9(17)20/h4,19H,1-3,6H2,(H2,17,20). The Morgan fingerprint density at radius 2 is 2.12 bits per heavy atom. The molecule has 0 saturated carbocycles. The van der Waals surface area contributed by atoms with E-state index in [4.69, 9.17) is 10.8 Å². The van der Waals surface area contributed by atoms with Crippen LogP contribution in [0.5, 0.6) is 5.88 Å². The smallest absolute Gasteiger partial charge is 0.396 e. The van der Waals surface area contributed by atoms with Crippen molar-refractivity contribution in [3.8, 4) is 11.9 Å². The Labute approximate surface area is 144 Å².